The Morgan fingerprint density at radius 3 is 2.24 bits per heavy atom. The van der Waals surface area contributed by atoms with Gasteiger partial charge in [-0.1, -0.05) is 36.0 Å². The first-order chi connectivity index (χ1) is 22.6. The topological polar surface area (TPSA) is 100.0 Å². The summed E-state index contributed by atoms with van der Waals surface area (Å²) in [6.07, 6.45) is 0.484. The van der Waals surface area contributed by atoms with Crippen molar-refractivity contribution in [2.45, 2.75) is 11.6 Å². The van der Waals surface area contributed by atoms with E-state index in [1.165, 1.54) is 11.8 Å². The van der Waals surface area contributed by atoms with Gasteiger partial charge in [-0.2, -0.15) is 0 Å². The van der Waals surface area contributed by atoms with E-state index in [2.05, 4.69) is 20.4 Å². The van der Waals surface area contributed by atoms with Crippen LogP contribution < -0.4 is 24.4 Å². The lowest BCUT2D eigenvalue weighted by molar-refractivity contribution is -0.113. The lowest BCUT2D eigenvalue weighted by Crippen LogP contribution is -2.36. The van der Waals surface area contributed by atoms with E-state index in [9.17, 15) is 4.79 Å². The van der Waals surface area contributed by atoms with Gasteiger partial charge < -0.3 is 29.2 Å². The number of amides is 1. The predicted octanol–water partition coefficient (Wildman–Crippen LogP) is 6.24. The highest BCUT2D eigenvalue weighted by Gasteiger charge is 2.18. The second-order valence-electron chi connectivity index (χ2n) is 10.5. The number of nitrogens with one attached hydrogen (secondary N) is 1. The summed E-state index contributed by atoms with van der Waals surface area (Å²) in [7, 11) is 3.22. The lowest BCUT2D eigenvalue weighted by atomic mass is 10.1. The number of anilines is 2. The quantitative estimate of drug-likeness (QED) is 0.160. The van der Waals surface area contributed by atoms with Crippen molar-refractivity contribution in [1.29, 1.82) is 0 Å². The van der Waals surface area contributed by atoms with E-state index >= 15 is 0 Å². The van der Waals surface area contributed by atoms with Crippen molar-refractivity contribution < 1.29 is 23.7 Å². The van der Waals surface area contributed by atoms with Crippen molar-refractivity contribution in [2.75, 3.05) is 56.5 Å². The molecule has 1 saturated heterocycles. The monoisotopic (exact) mass is 637 g/mol. The van der Waals surface area contributed by atoms with Crippen LogP contribution in [0.1, 0.15) is 11.4 Å². The summed E-state index contributed by atoms with van der Waals surface area (Å²) >= 11 is 1.33. The number of rotatable bonds is 12. The second kappa shape index (κ2) is 14.9. The van der Waals surface area contributed by atoms with Crippen LogP contribution >= 0.6 is 11.8 Å². The van der Waals surface area contributed by atoms with Crippen molar-refractivity contribution in [3.8, 4) is 28.7 Å². The van der Waals surface area contributed by atoms with Gasteiger partial charge in [0.15, 0.2) is 16.7 Å². The summed E-state index contributed by atoms with van der Waals surface area (Å²) < 4.78 is 24.3. The Morgan fingerprint density at radius 2 is 1.52 bits per heavy atom. The van der Waals surface area contributed by atoms with Crippen LogP contribution in [-0.2, 0) is 16.0 Å². The van der Waals surface area contributed by atoms with E-state index in [0.717, 1.165) is 54.7 Å². The molecule has 0 saturated carbocycles. The molecule has 1 aromatic heterocycles. The molecule has 1 aliphatic rings. The molecule has 0 aliphatic carbocycles. The Balaban J connectivity index is 1.19. The highest BCUT2D eigenvalue weighted by Crippen LogP contribution is 2.31. The molecular formula is C35H35N5O5S. The Morgan fingerprint density at radius 1 is 0.826 bits per heavy atom. The number of para-hydroxylation sites is 1. The Labute approximate surface area is 272 Å². The Hall–Kier alpha value is -5.00. The molecule has 11 heteroatoms. The van der Waals surface area contributed by atoms with E-state index in [1.54, 1.807) is 14.2 Å². The molecule has 0 unspecified atom stereocenters. The fourth-order valence-corrected chi connectivity index (χ4v) is 5.90. The number of nitrogens with zero attached hydrogens (tertiary/aromatic N) is 4. The van der Waals surface area contributed by atoms with Crippen LogP contribution in [0.2, 0.25) is 0 Å². The molecule has 5 aromatic rings. The van der Waals surface area contributed by atoms with Gasteiger partial charge in [-0.25, -0.2) is 0 Å². The number of carbonyl (C=O) groups excluding carboxylic acids is 1. The van der Waals surface area contributed by atoms with Crippen molar-refractivity contribution in [3.05, 3.63) is 108 Å². The molecule has 4 aromatic carbocycles. The summed E-state index contributed by atoms with van der Waals surface area (Å²) in [5.74, 6) is 3.49. The van der Waals surface area contributed by atoms with Gasteiger partial charge in [0.1, 0.15) is 17.3 Å². The zero-order valence-corrected chi connectivity index (χ0v) is 26.5. The second-order valence-corrected chi connectivity index (χ2v) is 11.4. The van der Waals surface area contributed by atoms with Crippen molar-refractivity contribution in [2.24, 2.45) is 0 Å². The standard InChI is InChI=1S/C35H35N5O5S/c1-42-31-17-8-25(22-32(31)43-2)23-33-37-38-35(40(33)28-13-15-30(16-14-28)45-29-6-4-3-5-7-29)46-24-34(41)36-26-9-11-27(12-10-26)39-18-20-44-21-19-39/h3-17,22H,18-21,23-24H2,1-2H3,(H,36,41). The number of aromatic nitrogens is 3. The first-order valence-corrected chi connectivity index (χ1v) is 15.9. The maximum atomic E-state index is 13.0. The van der Waals surface area contributed by atoms with Crippen molar-refractivity contribution in [1.82, 2.24) is 14.8 Å². The molecule has 0 atom stereocenters. The van der Waals surface area contributed by atoms with E-state index in [0.29, 0.717) is 34.7 Å². The first-order valence-electron chi connectivity index (χ1n) is 14.9. The molecule has 1 N–H and O–H groups in total. The first kappa shape index (κ1) is 31.0. The minimum Gasteiger partial charge on any atom is -0.493 e. The number of hydrogen-bond acceptors (Lipinski definition) is 9. The summed E-state index contributed by atoms with van der Waals surface area (Å²) in [6.45, 7) is 3.17. The van der Waals surface area contributed by atoms with Gasteiger partial charge in [0.25, 0.3) is 0 Å². The normalized spacial score (nSPS) is 12.9. The van der Waals surface area contributed by atoms with Gasteiger partial charge in [-0.15, -0.1) is 10.2 Å². The van der Waals surface area contributed by atoms with E-state index in [-0.39, 0.29) is 11.7 Å². The zero-order chi connectivity index (χ0) is 31.7. The Bertz CT molecular complexity index is 1740. The molecule has 0 spiro atoms. The number of morpholine rings is 1. The molecule has 6 rings (SSSR count). The zero-order valence-electron chi connectivity index (χ0n) is 25.7. The third-order valence-corrected chi connectivity index (χ3v) is 8.37. The fourth-order valence-electron chi connectivity index (χ4n) is 5.13. The highest BCUT2D eigenvalue weighted by atomic mass is 32.2. The van der Waals surface area contributed by atoms with E-state index < -0.39 is 0 Å². The van der Waals surface area contributed by atoms with Crippen molar-refractivity contribution >= 4 is 29.0 Å². The molecule has 1 aliphatic heterocycles. The van der Waals surface area contributed by atoms with Crippen LogP contribution in [0.5, 0.6) is 23.0 Å². The smallest absolute Gasteiger partial charge is 0.234 e. The largest absolute Gasteiger partial charge is 0.493 e. The molecule has 2 heterocycles. The highest BCUT2D eigenvalue weighted by molar-refractivity contribution is 7.99. The molecule has 10 nitrogen and oxygen atoms in total. The maximum absolute atomic E-state index is 13.0. The molecule has 0 radical (unpaired) electrons. The van der Waals surface area contributed by atoms with Crippen LogP contribution in [0.15, 0.2) is 102 Å². The average molecular weight is 638 g/mol. The van der Waals surface area contributed by atoms with Crippen LogP contribution in [-0.4, -0.2) is 66.9 Å². The molecule has 1 amide bonds. The minimum atomic E-state index is -0.133. The third-order valence-electron chi connectivity index (χ3n) is 7.44. The molecule has 46 heavy (non-hydrogen) atoms. The molecule has 1 fully saturated rings. The van der Waals surface area contributed by atoms with Gasteiger partial charge in [0, 0.05) is 36.6 Å². The van der Waals surface area contributed by atoms with Gasteiger partial charge in [-0.3, -0.25) is 9.36 Å². The van der Waals surface area contributed by atoms with Gasteiger partial charge >= 0.3 is 0 Å². The number of ether oxygens (including phenoxy) is 4. The summed E-state index contributed by atoms with van der Waals surface area (Å²) in [6, 6.07) is 31.0. The van der Waals surface area contributed by atoms with Crippen LogP contribution in [0.3, 0.4) is 0 Å². The molecule has 0 bridgehead atoms. The SMILES string of the molecule is COc1ccc(Cc2nnc(SCC(=O)Nc3ccc(N4CCOCC4)cc3)n2-c2ccc(Oc3ccccc3)cc2)cc1OC. The molecule has 236 valence electrons. The third kappa shape index (κ3) is 7.61. The minimum absolute atomic E-state index is 0.133. The average Bonchev–Trinajstić information content (AvgIpc) is 3.50. The summed E-state index contributed by atoms with van der Waals surface area (Å²) in [5.41, 5.74) is 3.69. The van der Waals surface area contributed by atoms with Crippen LogP contribution in [0.25, 0.3) is 5.69 Å². The van der Waals surface area contributed by atoms with Crippen LogP contribution in [0.4, 0.5) is 11.4 Å². The lowest BCUT2D eigenvalue weighted by Gasteiger charge is -2.28. The Kier molecular flexibility index (Phi) is 10.0. The summed E-state index contributed by atoms with van der Waals surface area (Å²) in [5, 5.41) is 12.6. The van der Waals surface area contributed by atoms with Gasteiger partial charge in [0.2, 0.25) is 5.91 Å². The van der Waals surface area contributed by atoms with Gasteiger partial charge in [0.05, 0.1) is 33.2 Å². The van der Waals surface area contributed by atoms with Crippen molar-refractivity contribution in [3.63, 3.8) is 0 Å². The van der Waals surface area contributed by atoms with E-state index in [1.807, 2.05) is 102 Å². The number of carbonyl (C=O) groups is 1. The maximum Gasteiger partial charge on any atom is 0.234 e. The fraction of sp³-hybridized carbons (Fsp3) is 0.229. The number of benzene rings is 4. The van der Waals surface area contributed by atoms with Crippen LogP contribution in [0, 0.1) is 0 Å². The van der Waals surface area contributed by atoms with Gasteiger partial charge in [-0.05, 0) is 78.4 Å². The number of hydrogen-bond donors (Lipinski definition) is 1. The summed E-state index contributed by atoms with van der Waals surface area (Å²) in [4.78, 5) is 15.3. The number of thioether (sulfide) groups is 1. The molecular weight excluding hydrogens is 602 g/mol. The number of methoxy groups -OCH3 is 2. The van der Waals surface area contributed by atoms with E-state index in [4.69, 9.17) is 18.9 Å². The predicted molar refractivity (Wildman–Crippen MR) is 179 cm³/mol.